The molecule has 4 aliphatic carbocycles. The number of unbranched alkanes of at least 4 members (excludes halogenated alkanes) is 2. The van der Waals surface area contributed by atoms with E-state index in [9.17, 15) is 9.90 Å². The Labute approximate surface area is 288 Å². The number of carbonyl (C=O) groups is 1. The lowest BCUT2D eigenvalue weighted by atomic mass is 9.50. The molecule has 4 fully saturated rings. The van der Waals surface area contributed by atoms with Gasteiger partial charge in [0, 0.05) is 48.2 Å². The molecule has 1 saturated heterocycles. The first-order chi connectivity index (χ1) is 23.6. The molecular formula is C42H58N2O4. The Kier molecular flexibility index (Phi) is 9.39. The highest BCUT2D eigenvalue weighted by atomic mass is 16.5. The van der Waals surface area contributed by atoms with Crippen LogP contribution in [0.3, 0.4) is 0 Å². The first-order valence-corrected chi connectivity index (χ1v) is 19.7. The number of benzene rings is 2. The lowest BCUT2D eigenvalue weighted by Crippen LogP contribution is -2.69. The van der Waals surface area contributed by atoms with E-state index in [0.29, 0.717) is 35.8 Å². The SMILES string of the molecule is COc1cc(O)c2c3c1O[C@H]1[C@@H](N(CCCCc4ccccc4)C(=O)CCCCC4CCCCC4)CC[C@H]4[C@@H](C2)N(CC2CC2)CC[C@@]341. The van der Waals surface area contributed by atoms with E-state index in [0.717, 1.165) is 87.6 Å². The maximum Gasteiger partial charge on any atom is 0.222 e. The summed E-state index contributed by atoms with van der Waals surface area (Å²) in [6, 6.07) is 13.0. The summed E-state index contributed by atoms with van der Waals surface area (Å²) in [5, 5.41) is 11.4. The van der Waals surface area contributed by atoms with Gasteiger partial charge in [0.2, 0.25) is 5.91 Å². The van der Waals surface area contributed by atoms with E-state index < -0.39 is 0 Å². The minimum Gasteiger partial charge on any atom is -0.508 e. The second-order valence-corrected chi connectivity index (χ2v) is 16.4. The van der Waals surface area contributed by atoms with Gasteiger partial charge in [-0.1, -0.05) is 75.3 Å². The maximum atomic E-state index is 14.4. The topological polar surface area (TPSA) is 62.2 Å². The highest BCUT2D eigenvalue weighted by Crippen LogP contribution is 2.66. The van der Waals surface area contributed by atoms with Crippen molar-refractivity contribution in [1.82, 2.24) is 9.80 Å². The summed E-state index contributed by atoms with van der Waals surface area (Å²) in [6.45, 7) is 3.06. The maximum absolute atomic E-state index is 14.4. The van der Waals surface area contributed by atoms with Gasteiger partial charge in [-0.3, -0.25) is 9.69 Å². The molecule has 1 spiro atoms. The smallest absolute Gasteiger partial charge is 0.222 e. The van der Waals surface area contributed by atoms with Crippen LogP contribution in [0.4, 0.5) is 0 Å². The second-order valence-electron chi connectivity index (χ2n) is 16.4. The quantitative estimate of drug-likeness (QED) is 0.208. The molecule has 2 bridgehead atoms. The van der Waals surface area contributed by atoms with Gasteiger partial charge in [0.05, 0.1) is 13.2 Å². The van der Waals surface area contributed by atoms with E-state index in [4.69, 9.17) is 9.47 Å². The van der Waals surface area contributed by atoms with E-state index in [-0.39, 0.29) is 17.6 Å². The van der Waals surface area contributed by atoms with Gasteiger partial charge in [-0.15, -0.1) is 0 Å². The Morgan fingerprint density at radius 1 is 1.00 bits per heavy atom. The average molecular weight is 655 g/mol. The van der Waals surface area contributed by atoms with Crippen LogP contribution in [-0.2, 0) is 23.1 Å². The van der Waals surface area contributed by atoms with E-state index >= 15 is 0 Å². The zero-order chi connectivity index (χ0) is 32.7. The molecule has 0 aromatic heterocycles. The molecule has 2 aromatic rings. The van der Waals surface area contributed by atoms with Crippen molar-refractivity contribution in [3.05, 3.63) is 53.1 Å². The van der Waals surface area contributed by atoms with Crippen molar-refractivity contribution in [2.24, 2.45) is 17.8 Å². The Bertz CT molecular complexity index is 1430. The van der Waals surface area contributed by atoms with Gasteiger partial charge in [-0.2, -0.15) is 0 Å². The van der Waals surface area contributed by atoms with Crippen LogP contribution in [0, 0.1) is 17.8 Å². The van der Waals surface area contributed by atoms with Crippen molar-refractivity contribution >= 4 is 5.91 Å². The molecule has 48 heavy (non-hydrogen) atoms. The molecule has 1 amide bonds. The summed E-state index contributed by atoms with van der Waals surface area (Å²) in [5.74, 6) is 4.38. The van der Waals surface area contributed by atoms with Gasteiger partial charge in [-0.25, -0.2) is 0 Å². The minimum atomic E-state index is -0.174. The van der Waals surface area contributed by atoms with Crippen LogP contribution in [0.2, 0.25) is 0 Å². The summed E-state index contributed by atoms with van der Waals surface area (Å²) in [4.78, 5) is 19.5. The number of aryl methyl sites for hydroxylation is 1. The Hall–Kier alpha value is -2.73. The molecule has 0 radical (unpaired) electrons. The third-order valence-electron chi connectivity index (χ3n) is 13.6. The molecule has 2 heterocycles. The summed E-state index contributed by atoms with van der Waals surface area (Å²) in [5.41, 5.74) is 3.51. The van der Waals surface area contributed by atoms with Gasteiger partial charge < -0.3 is 19.5 Å². The van der Waals surface area contributed by atoms with Crippen LogP contribution < -0.4 is 9.47 Å². The van der Waals surface area contributed by atoms with Crippen LogP contribution in [0.25, 0.3) is 0 Å². The highest BCUT2D eigenvalue weighted by molar-refractivity contribution is 5.77. The number of methoxy groups -OCH3 is 1. The standard InChI is InChI=1S/C42H58N2O4/c1-47-37-27-36(45)32-26-35-33-21-22-34(41-42(33,39(32)40(37)48-41)23-25-43(35)28-31-19-20-31)44(24-11-10-17-30-14-6-3-7-15-30)38(46)18-9-8-16-29-12-4-2-5-13-29/h3,6-7,14-15,27,29,31,33-35,41,45H,2,4-5,8-13,16-26,28H2,1H3/t33-,34-,35+,41-,42-/m0/s1. The fraction of sp³-hybridized carbons (Fsp3) is 0.690. The number of phenolic OH excluding ortho intramolecular Hbond substituents is 1. The van der Waals surface area contributed by atoms with Crippen molar-refractivity contribution in [3.8, 4) is 17.2 Å². The number of amides is 1. The van der Waals surface area contributed by atoms with Gasteiger partial charge in [0.1, 0.15) is 11.9 Å². The fourth-order valence-electron chi connectivity index (χ4n) is 11.0. The van der Waals surface area contributed by atoms with Gasteiger partial charge >= 0.3 is 0 Å². The van der Waals surface area contributed by atoms with E-state index in [2.05, 4.69) is 40.1 Å². The second kappa shape index (κ2) is 13.9. The van der Waals surface area contributed by atoms with Gasteiger partial charge in [-0.05, 0) is 94.1 Å². The van der Waals surface area contributed by atoms with Crippen LogP contribution in [0.15, 0.2) is 36.4 Å². The molecule has 260 valence electrons. The summed E-state index contributed by atoms with van der Waals surface area (Å²) < 4.78 is 13.0. The van der Waals surface area contributed by atoms with Gasteiger partial charge in [0.15, 0.2) is 11.5 Å². The number of piperidine rings is 1. The Balaban J connectivity index is 1.05. The molecule has 6 nitrogen and oxygen atoms in total. The number of rotatable bonds is 14. The first kappa shape index (κ1) is 32.5. The predicted octanol–water partition coefficient (Wildman–Crippen LogP) is 8.21. The summed E-state index contributed by atoms with van der Waals surface area (Å²) in [7, 11) is 1.69. The van der Waals surface area contributed by atoms with Crippen molar-refractivity contribution in [1.29, 1.82) is 0 Å². The van der Waals surface area contributed by atoms with Gasteiger partial charge in [0.25, 0.3) is 0 Å². The molecule has 2 aromatic carbocycles. The third-order valence-corrected chi connectivity index (χ3v) is 13.6. The molecule has 8 rings (SSSR count). The minimum absolute atomic E-state index is 0.0460. The van der Waals surface area contributed by atoms with Crippen molar-refractivity contribution in [2.45, 2.75) is 139 Å². The number of aromatic hydroxyl groups is 1. The Morgan fingerprint density at radius 3 is 2.62 bits per heavy atom. The Morgan fingerprint density at radius 2 is 1.83 bits per heavy atom. The largest absolute Gasteiger partial charge is 0.508 e. The number of nitrogens with zero attached hydrogens (tertiary/aromatic N) is 2. The van der Waals surface area contributed by atoms with E-state index in [1.807, 2.05) is 0 Å². The number of likely N-dealkylation sites (tertiary alicyclic amines) is 1. The summed E-state index contributed by atoms with van der Waals surface area (Å²) in [6.07, 6.45) is 20.8. The molecule has 6 heteroatoms. The lowest BCUT2D eigenvalue weighted by molar-refractivity contribution is -0.143. The van der Waals surface area contributed by atoms with E-state index in [1.54, 1.807) is 13.2 Å². The number of ether oxygens (including phenoxy) is 2. The molecule has 2 aliphatic heterocycles. The highest BCUT2D eigenvalue weighted by Gasteiger charge is 2.67. The third kappa shape index (κ3) is 6.03. The fourth-order valence-corrected chi connectivity index (χ4v) is 11.0. The monoisotopic (exact) mass is 654 g/mol. The summed E-state index contributed by atoms with van der Waals surface area (Å²) >= 11 is 0. The van der Waals surface area contributed by atoms with Crippen LogP contribution in [0.5, 0.6) is 17.2 Å². The van der Waals surface area contributed by atoms with Crippen molar-refractivity contribution in [2.75, 3.05) is 26.7 Å². The average Bonchev–Trinajstić information content (AvgIpc) is 3.87. The predicted molar refractivity (Wildman–Crippen MR) is 190 cm³/mol. The molecule has 1 N–H and O–H groups in total. The zero-order valence-corrected chi connectivity index (χ0v) is 29.3. The molecule has 5 atom stereocenters. The molecular weight excluding hydrogens is 596 g/mol. The van der Waals surface area contributed by atoms with Crippen molar-refractivity contribution < 1.29 is 19.4 Å². The first-order valence-electron chi connectivity index (χ1n) is 19.7. The number of hydrogen-bond acceptors (Lipinski definition) is 5. The normalized spacial score (nSPS) is 29.3. The van der Waals surface area contributed by atoms with E-state index in [1.165, 1.54) is 75.5 Å². The molecule has 6 aliphatic rings. The zero-order valence-electron chi connectivity index (χ0n) is 29.3. The van der Waals surface area contributed by atoms with Crippen LogP contribution in [0.1, 0.15) is 119 Å². The number of phenols is 1. The number of hydrogen-bond donors (Lipinski definition) is 1. The molecule has 0 unspecified atom stereocenters. The van der Waals surface area contributed by atoms with Crippen LogP contribution in [-0.4, -0.2) is 65.7 Å². The number of carbonyl (C=O) groups excluding carboxylic acids is 1. The van der Waals surface area contributed by atoms with Crippen LogP contribution >= 0.6 is 0 Å². The van der Waals surface area contributed by atoms with Crippen molar-refractivity contribution in [3.63, 3.8) is 0 Å². The lowest BCUT2D eigenvalue weighted by Gasteiger charge is -2.60. The molecule has 3 saturated carbocycles.